The Morgan fingerprint density at radius 2 is 0.696 bits per heavy atom. The molecule has 0 heterocycles. The fourth-order valence-corrected chi connectivity index (χ4v) is 9.91. The summed E-state index contributed by atoms with van der Waals surface area (Å²) in [7, 11) is -4.40. The molecule has 10 heteroatoms. The van der Waals surface area contributed by atoms with E-state index >= 15 is 0 Å². The number of ether oxygens (including phenoxy) is 2. The number of hydrogen-bond acceptors (Lipinski definition) is 8. The highest BCUT2D eigenvalue weighted by Gasteiger charge is 2.26. The van der Waals surface area contributed by atoms with Gasteiger partial charge in [-0.25, -0.2) is 4.57 Å². The molecule has 79 heavy (non-hydrogen) atoms. The van der Waals surface area contributed by atoms with Gasteiger partial charge in [-0.3, -0.25) is 18.6 Å². The number of rotatable bonds is 61. The lowest BCUT2D eigenvalue weighted by Gasteiger charge is -2.19. The maximum Gasteiger partial charge on any atom is 0.472 e. The first kappa shape index (κ1) is 75.9. The second-order valence-corrected chi connectivity index (χ2v) is 23.1. The smallest absolute Gasteiger partial charge is 0.462 e. The van der Waals surface area contributed by atoms with Crippen LogP contribution in [0.4, 0.5) is 0 Å². The van der Waals surface area contributed by atoms with Gasteiger partial charge in [-0.2, -0.15) is 0 Å². The number of phosphoric ester groups is 1. The topological polar surface area (TPSA) is 134 Å². The summed E-state index contributed by atoms with van der Waals surface area (Å²) >= 11 is 0. The normalized spacial score (nSPS) is 13.6. The highest BCUT2D eigenvalue weighted by molar-refractivity contribution is 7.47. The number of carbonyl (C=O) groups is 2. The van der Waals surface area contributed by atoms with E-state index in [0.717, 1.165) is 83.5 Å². The minimum Gasteiger partial charge on any atom is -0.462 e. The Kier molecular flexibility index (Phi) is 61.6. The third-order valence-electron chi connectivity index (χ3n) is 14.0. The minimum atomic E-state index is -4.40. The van der Waals surface area contributed by atoms with Crippen LogP contribution in [0.1, 0.15) is 296 Å². The van der Waals surface area contributed by atoms with Crippen LogP contribution < -0.4 is 5.73 Å². The number of phosphoric acid groups is 1. The fraction of sp³-hybridized carbons (Fsp3) is 0.739. The van der Waals surface area contributed by atoms with Crippen LogP contribution in [0.15, 0.2) is 97.2 Å². The molecule has 2 unspecified atom stereocenters. The lowest BCUT2D eigenvalue weighted by Crippen LogP contribution is -2.29. The lowest BCUT2D eigenvalue weighted by molar-refractivity contribution is -0.161. The van der Waals surface area contributed by atoms with E-state index in [1.807, 2.05) is 0 Å². The summed E-state index contributed by atoms with van der Waals surface area (Å²) in [4.78, 5) is 35.3. The van der Waals surface area contributed by atoms with Crippen LogP contribution in [-0.2, 0) is 32.7 Å². The summed E-state index contributed by atoms with van der Waals surface area (Å²) in [5.74, 6) is -0.824. The van der Waals surface area contributed by atoms with Crippen LogP contribution in [0.3, 0.4) is 0 Å². The van der Waals surface area contributed by atoms with E-state index in [1.54, 1.807) is 0 Å². The average molecular weight is 1120 g/mol. The molecule has 2 atom stereocenters. The van der Waals surface area contributed by atoms with Gasteiger partial charge in [-0.15, -0.1) is 0 Å². The molecule has 0 aliphatic rings. The standard InChI is InChI=1S/C69H122NO8P/c1-3-5-7-9-11-13-15-17-19-21-23-25-27-29-31-32-33-34-36-38-40-42-44-46-48-50-52-54-56-58-60-62-69(72)78-67(66-77-79(73,74)76-64-63-70)65-75-68(71)61-59-57-55-53-51-49-47-45-43-41-39-37-35-30-28-26-24-22-20-18-16-14-12-10-8-6-4-2/h5,7,11,13,16-19,22-25,28-31,67H,3-4,6,8-10,12,14-15,20-21,26-27,32-66,70H2,1-2H3,(H,73,74)/b7-5-,13-11-,18-16-,19-17-,24-22-,25-23-,30-28-,31-29-. The summed E-state index contributed by atoms with van der Waals surface area (Å²) in [6, 6.07) is 0. The van der Waals surface area contributed by atoms with Crippen molar-refractivity contribution in [3.63, 3.8) is 0 Å². The van der Waals surface area contributed by atoms with Crippen molar-refractivity contribution in [3.8, 4) is 0 Å². The Bertz CT molecular complexity index is 1610. The number of nitrogens with two attached hydrogens (primary N) is 1. The van der Waals surface area contributed by atoms with Crippen molar-refractivity contribution < 1.29 is 37.6 Å². The van der Waals surface area contributed by atoms with E-state index < -0.39 is 26.5 Å². The molecule has 0 rings (SSSR count). The average Bonchev–Trinajstić information content (AvgIpc) is 3.44. The SMILES string of the molecule is CC/C=C\C/C=C\C/C=C\C/C=C\C/C=C\CCCCCCCCCCCCCCCCCC(=O)OC(COC(=O)CCCCCCCCCCCCCC/C=C\C/C=C\C/C=C\CCCCCCC)COP(=O)(O)OCCN. The summed E-state index contributed by atoms with van der Waals surface area (Å²) in [5, 5.41) is 0. The van der Waals surface area contributed by atoms with Crippen molar-refractivity contribution >= 4 is 19.8 Å². The Balaban J connectivity index is 3.92. The largest absolute Gasteiger partial charge is 0.472 e. The highest BCUT2D eigenvalue weighted by atomic mass is 31.2. The Labute approximate surface area is 486 Å². The molecule has 0 fully saturated rings. The van der Waals surface area contributed by atoms with Crippen molar-refractivity contribution in [1.82, 2.24) is 0 Å². The molecule has 0 aromatic carbocycles. The van der Waals surface area contributed by atoms with Crippen LogP contribution in [0.25, 0.3) is 0 Å². The van der Waals surface area contributed by atoms with Crippen molar-refractivity contribution in [2.45, 2.75) is 302 Å². The number of unbranched alkanes of at least 4 members (excludes halogenated alkanes) is 32. The number of allylic oxidation sites excluding steroid dienone is 16. The molecular weight excluding hydrogens is 1000 g/mol. The lowest BCUT2D eigenvalue weighted by atomic mass is 10.0. The fourth-order valence-electron chi connectivity index (χ4n) is 9.14. The van der Waals surface area contributed by atoms with E-state index in [1.165, 1.54) is 180 Å². The second kappa shape index (κ2) is 64.1. The van der Waals surface area contributed by atoms with Crippen LogP contribution in [0, 0.1) is 0 Å². The summed E-state index contributed by atoms with van der Waals surface area (Å²) in [5.41, 5.74) is 5.40. The molecule has 456 valence electrons. The van der Waals surface area contributed by atoms with Gasteiger partial charge in [-0.1, -0.05) is 284 Å². The van der Waals surface area contributed by atoms with Gasteiger partial charge < -0.3 is 20.1 Å². The molecule has 0 aromatic rings. The van der Waals surface area contributed by atoms with Gasteiger partial charge in [0.05, 0.1) is 13.2 Å². The minimum absolute atomic E-state index is 0.0504. The van der Waals surface area contributed by atoms with Gasteiger partial charge in [0.2, 0.25) is 0 Å². The maximum absolute atomic E-state index is 12.7. The van der Waals surface area contributed by atoms with Gasteiger partial charge in [0.1, 0.15) is 6.61 Å². The van der Waals surface area contributed by atoms with E-state index in [4.69, 9.17) is 24.3 Å². The number of hydrogen-bond donors (Lipinski definition) is 2. The van der Waals surface area contributed by atoms with E-state index in [-0.39, 0.29) is 38.6 Å². The third kappa shape index (κ3) is 64.0. The molecule has 0 saturated heterocycles. The molecule has 0 saturated carbocycles. The van der Waals surface area contributed by atoms with Crippen molar-refractivity contribution in [3.05, 3.63) is 97.2 Å². The molecule has 0 aliphatic carbocycles. The summed E-state index contributed by atoms with van der Waals surface area (Å²) in [6.45, 7) is 3.64. The van der Waals surface area contributed by atoms with Gasteiger partial charge in [0, 0.05) is 19.4 Å². The zero-order chi connectivity index (χ0) is 57.3. The quantitative estimate of drug-likeness (QED) is 0.0264. The number of esters is 2. The number of carbonyl (C=O) groups excluding carboxylic acids is 2. The first-order valence-corrected chi connectivity index (χ1v) is 34.2. The van der Waals surface area contributed by atoms with Crippen LogP contribution in [-0.4, -0.2) is 49.3 Å². The molecule has 0 aromatic heterocycles. The van der Waals surface area contributed by atoms with Gasteiger partial charge >= 0.3 is 19.8 Å². The molecular formula is C69H122NO8P. The van der Waals surface area contributed by atoms with Crippen molar-refractivity contribution in [2.24, 2.45) is 5.73 Å². The van der Waals surface area contributed by atoms with Gasteiger partial charge in [-0.05, 0) is 96.3 Å². The van der Waals surface area contributed by atoms with Crippen molar-refractivity contribution in [1.29, 1.82) is 0 Å². The predicted octanol–water partition coefficient (Wildman–Crippen LogP) is 21.2. The molecule has 3 N–H and O–H groups in total. The van der Waals surface area contributed by atoms with Crippen LogP contribution in [0.2, 0.25) is 0 Å². The summed E-state index contributed by atoms with van der Waals surface area (Å²) in [6.07, 6.45) is 86.2. The molecule has 0 aliphatic heterocycles. The zero-order valence-electron chi connectivity index (χ0n) is 51.1. The third-order valence-corrected chi connectivity index (χ3v) is 14.9. The first-order valence-electron chi connectivity index (χ1n) is 32.7. The molecule has 0 bridgehead atoms. The Morgan fingerprint density at radius 1 is 0.392 bits per heavy atom. The Morgan fingerprint density at radius 3 is 1.04 bits per heavy atom. The molecule has 0 amide bonds. The first-order chi connectivity index (χ1) is 38.8. The van der Waals surface area contributed by atoms with Crippen LogP contribution in [0.5, 0.6) is 0 Å². The zero-order valence-corrected chi connectivity index (χ0v) is 52.0. The van der Waals surface area contributed by atoms with Crippen LogP contribution >= 0.6 is 7.82 Å². The Hall–Kier alpha value is -3.07. The van der Waals surface area contributed by atoms with E-state index in [0.29, 0.717) is 6.42 Å². The second-order valence-electron chi connectivity index (χ2n) is 21.6. The highest BCUT2D eigenvalue weighted by Crippen LogP contribution is 2.43. The molecule has 9 nitrogen and oxygen atoms in total. The molecule has 0 spiro atoms. The molecule has 0 radical (unpaired) electrons. The van der Waals surface area contributed by atoms with E-state index in [9.17, 15) is 19.0 Å². The monoisotopic (exact) mass is 1120 g/mol. The maximum atomic E-state index is 12.7. The summed E-state index contributed by atoms with van der Waals surface area (Å²) < 4.78 is 33.1. The van der Waals surface area contributed by atoms with Crippen molar-refractivity contribution in [2.75, 3.05) is 26.4 Å². The van der Waals surface area contributed by atoms with Gasteiger partial charge in [0.15, 0.2) is 6.10 Å². The predicted molar refractivity (Wildman–Crippen MR) is 339 cm³/mol. The van der Waals surface area contributed by atoms with E-state index in [2.05, 4.69) is 111 Å². The van der Waals surface area contributed by atoms with Gasteiger partial charge in [0.25, 0.3) is 0 Å².